The highest BCUT2D eigenvalue weighted by Gasteiger charge is 2.23. The molecule has 0 aliphatic heterocycles. The quantitative estimate of drug-likeness (QED) is 0.834. The molecule has 0 aliphatic carbocycles. The fourth-order valence-electron chi connectivity index (χ4n) is 1.52. The van der Waals surface area contributed by atoms with E-state index in [1.54, 1.807) is 35.9 Å². The number of aryl methyl sites for hydroxylation is 1. The molecule has 0 aliphatic rings. The second-order valence-electron chi connectivity index (χ2n) is 3.94. The molecule has 2 aromatic rings. The molecule has 6 nitrogen and oxygen atoms in total. The number of nitrogens with zero attached hydrogens (tertiary/aromatic N) is 3. The summed E-state index contributed by atoms with van der Waals surface area (Å²) in [5, 5.41) is 0.00919. The standard InChI is InChI=1S/C11H14N4O2S/c1-14-7-11(13-8-14)18(16,17)15(2)10-5-3-4-9(12)6-10/h3-8H,12H2,1-2H3. The first-order valence-electron chi connectivity index (χ1n) is 5.23. The van der Waals surface area contributed by atoms with Gasteiger partial charge in [-0.3, -0.25) is 4.31 Å². The molecule has 18 heavy (non-hydrogen) atoms. The molecule has 1 aromatic heterocycles. The predicted octanol–water partition coefficient (Wildman–Crippen LogP) is 0.827. The lowest BCUT2D eigenvalue weighted by atomic mass is 10.3. The summed E-state index contributed by atoms with van der Waals surface area (Å²) in [6.45, 7) is 0. The predicted molar refractivity (Wildman–Crippen MR) is 69.7 cm³/mol. The highest BCUT2D eigenvalue weighted by molar-refractivity contribution is 7.92. The minimum Gasteiger partial charge on any atom is -0.399 e. The molecule has 0 spiro atoms. The van der Waals surface area contributed by atoms with E-state index >= 15 is 0 Å². The third-order valence-electron chi connectivity index (χ3n) is 2.54. The first-order chi connectivity index (χ1) is 8.41. The minimum atomic E-state index is -3.64. The van der Waals surface area contributed by atoms with Gasteiger partial charge in [0.15, 0.2) is 5.03 Å². The molecular formula is C11H14N4O2S. The first-order valence-corrected chi connectivity index (χ1v) is 6.68. The number of aromatic nitrogens is 2. The van der Waals surface area contributed by atoms with Crippen molar-refractivity contribution < 1.29 is 8.42 Å². The van der Waals surface area contributed by atoms with Crippen LogP contribution in [0.2, 0.25) is 0 Å². The average molecular weight is 266 g/mol. The van der Waals surface area contributed by atoms with Gasteiger partial charge in [-0.05, 0) is 18.2 Å². The number of nitrogens with two attached hydrogens (primary N) is 1. The molecule has 0 bridgehead atoms. The summed E-state index contributed by atoms with van der Waals surface area (Å²) in [6.07, 6.45) is 2.90. The van der Waals surface area contributed by atoms with Crippen LogP contribution in [0.25, 0.3) is 0 Å². The van der Waals surface area contributed by atoms with E-state index in [1.165, 1.54) is 19.6 Å². The van der Waals surface area contributed by atoms with Crippen molar-refractivity contribution in [3.8, 4) is 0 Å². The van der Waals surface area contributed by atoms with Gasteiger partial charge in [0.2, 0.25) is 0 Å². The molecule has 0 saturated heterocycles. The van der Waals surface area contributed by atoms with Crippen molar-refractivity contribution in [1.29, 1.82) is 0 Å². The number of nitrogen functional groups attached to an aromatic ring is 1. The lowest BCUT2D eigenvalue weighted by molar-refractivity contribution is 0.591. The molecule has 1 aromatic carbocycles. The van der Waals surface area contributed by atoms with Gasteiger partial charge < -0.3 is 10.3 Å². The van der Waals surface area contributed by atoms with Gasteiger partial charge in [0.25, 0.3) is 10.0 Å². The van der Waals surface area contributed by atoms with E-state index < -0.39 is 10.0 Å². The van der Waals surface area contributed by atoms with Crippen LogP contribution in [-0.2, 0) is 17.1 Å². The largest absolute Gasteiger partial charge is 0.399 e. The van der Waals surface area contributed by atoms with Crippen LogP contribution in [0.5, 0.6) is 0 Å². The van der Waals surface area contributed by atoms with Gasteiger partial charge in [0.05, 0.1) is 12.0 Å². The molecule has 0 saturated carbocycles. The third kappa shape index (κ3) is 2.17. The summed E-state index contributed by atoms with van der Waals surface area (Å²) >= 11 is 0. The molecule has 0 unspecified atom stereocenters. The van der Waals surface area contributed by atoms with Gasteiger partial charge in [0.1, 0.15) is 0 Å². The SMILES string of the molecule is CN(c1cccc(N)c1)S(=O)(=O)c1cn(C)cn1. The van der Waals surface area contributed by atoms with E-state index in [2.05, 4.69) is 4.98 Å². The monoisotopic (exact) mass is 266 g/mol. The maximum absolute atomic E-state index is 12.3. The summed E-state index contributed by atoms with van der Waals surface area (Å²) < 4.78 is 27.3. The molecule has 0 atom stereocenters. The van der Waals surface area contributed by atoms with E-state index in [-0.39, 0.29) is 5.03 Å². The lowest BCUT2D eigenvalue weighted by Gasteiger charge is -2.18. The first kappa shape index (κ1) is 12.4. The summed E-state index contributed by atoms with van der Waals surface area (Å²) in [5.41, 5.74) is 6.65. The van der Waals surface area contributed by atoms with Crippen LogP contribution in [0.3, 0.4) is 0 Å². The Kier molecular flexibility index (Phi) is 3.00. The Labute approximate surface area is 106 Å². The summed E-state index contributed by atoms with van der Waals surface area (Å²) in [5.74, 6) is 0. The number of benzene rings is 1. The Morgan fingerprint density at radius 2 is 2.11 bits per heavy atom. The van der Waals surface area contributed by atoms with Crippen LogP contribution in [-0.4, -0.2) is 25.0 Å². The zero-order chi connectivity index (χ0) is 13.3. The summed E-state index contributed by atoms with van der Waals surface area (Å²) in [7, 11) is -0.456. The number of rotatable bonds is 3. The van der Waals surface area contributed by atoms with Gasteiger partial charge in [-0.2, -0.15) is 8.42 Å². The highest BCUT2D eigenvalue weighted by atomic mass is 32.2. The fourth-order valence-corrected chi connectivity index (χ4v) is 2.67. The van der Waals surface area contributed by atoms with Crippen LogP contribution < -0.4 is 10.0 Å². The number of sulfonamides is 1. The Morgan fingerprint density at radius 3 is 2.67 bits per heavy atom. The van der Waals surface area contributed by atoms with Gasteiger partial charge in [0, 0.05) is 26.0 Å². The van der Waals surface area contributed by atoms with E-state index in [1.807, 2.05) is 0 Å². The Hall–Kier alpha value is -2.02. The van der Waals surface area contributed by atoms with Gasteiger partial charge >= 0.3 is 0 Å². The van der Waals surface area contributed by atoms with Crippen LogP contribution in [0.15, 0.2) is 41.8 Å². The average Bonchev–Trinajstić information content (AvgIpc) is 2.75. The van der Waals surface area contributed by atoms with Crippen molar-refractivity contribution in [2.75, 3.05) is 17.1 Å². The van der Waals surface area contributed by atoms with Gasteiger partial charge in [-0.25, -0.2) is 4.98 Å². The number of hydrogen-bond donors (Lipinski definition) is 1. The fraction of sp³-hybridized carbons (Fsp3) is 0.182. The van der Waals surface area contributed by atoms with Crippen molar-refractivity contribution in [2.45, 2.75) is 5.03 Å². The van der Waals surface area contributed by atoms with E-state index in [4.69, 9.17) is 5.73 Å². The smallest absolute Gasteiger partial charge is 0.283 e. The zero-order valence-corrected chi connectivity index (χ0v) is 10.9. The van der Waals surface area contributed by atoms with Crippen molar-refractivity contribution in [3.63, 3.8) is 0 Å². The number of imidazole rings is 1. The molecule has 0 amide bonds. The van der Waals surface area contributed by atoms with E-state index in [0.717, 1.165) is 4.31 Å². The van der Waals surface area contributed by atoms with Crippen molar-refractivity contribution >= 4 is 21.4 Å². The van der Waals surface area contributed by atoms with Crippen LogP contribution in [0, 0.1) is 0 Å². The second kappa shape index (κ2) is 4.34. The lowest BCUT2D eigenvalue weighted by Crippen LogP contribution is -2.26. The summed E-state index contributed by atoms with van der Waals surface area (Å²) in [4.78, 5) is 3.86. The van der Waals surface area contributed by atoms with Crippen molar-refractivity contribution in [3.05, 3.63) is 36.8 Å². The van der Waals surface area contributed by atoms with Crippen molar-refractivity contribution in [2.24, 2.45) is 7.05 Å². The van der Waals surface area contributed by atoms with Crippen molar-refractivity contribution in [1.82, 2.24) is 9.55 Å². The Morgan fingerprint density at radius 1 is 1.39 bits per heavy atom. The molecule has 7 heteroatoms. The number of anilines is 2. The Balaban J connectivity index is 2.42. The molecule has 1 heterocycles. The second-order valence-corrected chi connectivity index (χ2v) is 5.86. The topological polar surface area (TPSA) is 81.2 Å². The van der Waals surface area contributed by atoms with Gasteiger partial charge in [-0.15, -0.1) is 0 Å². The molecule has 2 N–H and O–H groups in total. The third-order valence-corrected chi connectivity index (χ3v) is 4.21. The van der Waals surface area contributed by atoms with E-state index in [9.17, 15) is 8.42 Å². The molecule has 0 radical (unpaired) electrons. The van der Waals surface area contributed by atoms with Crippen LogP contribution in [0.4, 0.5) is 11.4 Å². The molecule has 96 valence electrons. The molecule has 0 fully saturated rings. The normalized spacial score (nSPS) is 11.4. The van der Waals surface area contributed by atoms with Crippen LogP contribution in [0.1, 0.15) is 0 Å². The number of hydrogen-bond acceptors (Lipinski definition) is 4. The maximum Gasteiger partial charge on any atom is 0.283 e. The van der Waals surface area contributed by atoms with Crippen LogP contribution >= 0.6 is 0 Å². The van der Waals surface area contributed by atoms with E-state index in [0.29, 0.717) is 11.4 Å². The maximum atomic E-state index is 12.3. The molecular weight excluding hydrogens is 252 g/mol. The molecule has 2 rings (SSSR count). The Bertz CT molecular complexity index is 663. The summed E-state index contributed by atoms with van der Waals surface area (Å²) in [6, 6.07) is 6.68. The minimum absolute atomic E-state index is 0.00919. The highest BCUT2D eigenvalue weighted by Crippen LogP contribution is 2.22. The van der Waals surface area contributed by atoms with Gasteiger partial charge in [-0.1, -0.05) is 6.07 Å². The zero-order valence-electron chi connectivity index (χ0n) is 10.1.